The van der Waals surface area contributed by atoms with E-state index in [2.05, 4.69) is 19.2 Å². The zero-order valence-electron chi connectivity index (χ0n) is 11.9. The van der Waals surface area contributed by atoms with Crippen LogP contribution < -0.4 is 5.32 Å². The second-order valence-corrected chi connectivity index (χ2v) is 5.66. The van der Waals surface area contributed by atoms with E-state index in [1.54, 1.807) is 0 Å². The molecular weight excluding hydrogens is 246 g/mol. The number of hydrogen-bond acceptors (Lipinski definition) is 3. The summed E-state index contributed by atoms with van der Waals surface area (Å²) in [5, 5.41) is 11.7. The molecular formula is C14H25NO4. The number of rotatable bonds is 7. The number of ether oxygens (including phenoxy) is 1. The summed E-state index contributed by atoms with van der Waals surface area (Å²) < 4.78 is 5.53. The molecule has 5 nitrogen and oxygen atoms in total. The van der Waals surface area contributed by atoms with Gasteiger partial charge in [-0.1, -0.05) is 13.8 Å². The third-order valence-corrected chi connectivity index (χ3v) is 3.52. The third-order valence-electron chi connectivity index (χ3n) is 3.52. The lowest BCUT2D eigenvalue weighted by atomic mass is 9.87. The molecule has 0 saturated heterocycles. The van der Waals surface area contributed by atoms with Crippen LogP contribution in [0.4, 0.5) is 0 Å². The highest BCUT2D eigenvalue weighted by atomic mass is 16.5. The highest BCUT2D eigenvalue weighted by Crippen LogP contribution is 2.26. The molecule has 5 heteroatoms. The van der Waals surface area contributed by atoms with Crippen molar-refractivity contribution in [1.82, 2.24) is 5.32 Å². The molecule has 0 atom stereocenters. The molecule has 1 saturated carbocycles. The summed E-state index contributed by atoms with van der Waals surface area (Å²) in [7, 11) is 0. The zero-order valence-corrected chi connectivity index (χ0v) is 11.9. The van der Waals surface area contributed by atoms with Gasteiger partial charge >= 0.3 is 5.97 Å². The number of hydrogen-bond donors (Lipinski definition) is 2. The van der Waals surface area contributed by atoms with Gasteiger partial charge in [0.05, 0.1) is 12.0 Å². The molecule has 1 fully saturated rings. The molecule has 0 aromatic carbocycles. The van der Waals surface area contributed by atoms with Gasteiger partial charge in [0.1, 0.15) is 6.61 Å². The number of nitrogens with one attached hydrogen (secondary N) is 1. The fourth-order valence-corrected chi connectivity index (χ4v) is 2.22. The lowest BCUT2D eigenvalue weighted by Crippen LogP contribution is -2.33. The van der Waals surface area contributed by atoms with E-state index in [9.17, 15) is 9.59 Å². The van der Waals surface area contributed by atoms with Gasteiger partial charge in [-0.2, -0.15) is 0 Å². The Hall–Kier alpha value is -1.10. The van der Waals surface area contributed by atoms with E-state index in [1.807, 2.05) is 0 Å². The van der Waals surface area contributed by atoms with E-state index in [4.69, 9.17) is 9.84 Å². The van der Waals surface area contributed by atoms with Crippen LogP contribution in [0.1, 0.15) is 46.0 Å². The van der Waals surface area contributed by atoms with Crippen molar-refractivity contribution in [2.24, 2.45) is 11.8 Å². The Morgan fingerprint density at radius 1 is 1.26 bits per heavy atom. The Kier molecular flexibility index (Phi) is 6.84. The lowest BCUT2D eigenvalue weighted by molar-refractivity contribution is -0.144. The lowest BCUT2D eigenvalue weighted by Gasteiger charge is -2.25. The molecule has 1 amide bonds. The summed E-state index contributed by atoms with van der Waals surface area (Å²) in [6.45, 7) is 5.00. The summed E-state index contributed by atoms with van der Waals surface area (Å²) in [4.78, 5) is 22.3. The van der Waals surface area contributed by atoms with E-state index in [0.29, 0.717) is 25.3 Å². The van der Waals surface area contributed by atoms with Crippen molar-refractivity contribution in [1.29, 1.82) is 0 Å². The van der Waals surface area contributed by atoms with Crippen LogP contribution in [0.3, 0.4) is 0 Å². The fraction of sp³-hybridized carbons (Fsp3) is 0.857. The van der Waals surface area contributed by atoms with Gasteiger partial charge in [-0.25, -0.2) is 0 Å². The van der Waals surface area contributed by atoms with Crippen LogP contribution in [0, 0.1) is 11.8 Å². The average molecular weight is 271 g/mol. The average Bonchev–Trinajstić information content (AvgIpc) is 2.36. The van der Waals surface area contributed by atoms with Gasteiger partial charge in [0, 0.05) is 6.54 Å². The number of carboxylic acids is 1. The topological polar surface area (TPSA) is 75.6 Å². The molecule has 0 aliphatic heterocycles. The van der Waals surface area contributed by atoms with Crippen LogP contribution in [0.25, 0.3) is 0 Å². The summed E-state index contributed by atoms with van der Waals surface area (Å²) in [5.74, 6) is -0.460. The first kappa shape index (κ1) is 16.0. The number of amides is 1. The maximum Gasteiger partial charge on any atom is 0.306 e. The van der Waals surface area contributed by atoms with Crippen LogP contribution >= 0.6 is 0 Å². The van der Waals surface area contributed by atoms with Crippen LogP contribution in [0.2, 0.25) is 0 Å². The first-order valence-corrected chi connectivity index (χ1v) is 7.10. The van der Waals surface area contributed by atoms with Crippen LogP contribution in [-0.4, -0.2) is 36.2 Å². The minimum atomic E-state index is -0.718. The monoisotopic (exact) mass is 271 g/mol. The summed E-state index contributed by atoms with van der Waals surface area (Å²) in [6.07, 6.45) is 3.76. The van der Waals surface area contributed by atoms with Gasteiger partial charge in [-0.15, -0.1) is 0 Å². The Labute approximate surface area is 114 Å². The Balaban J connectivity index is 2.10. The van der Waals surface area contributed by atoms with E-state index >= 15 is 0 Å². The van der Waals surface area contributed by atoms with E-state index in [1.165, 1.54) is 0 Å². The first-order valence-electron chi connectivity index (χ1n) is 7.10. The third kappa shape index (κ3) is 6.57. The quantitative estimate of drug-likeness (QED) is 0.740. The maximum atomic E-state index is 11.5. The molecule has 0 spiro atoms. The molecule has 110 valence electrons. The second-order valence-electron chi connectivity index (χ2n) is 5.66. The van der Waals surface area contributed by atoms with Gasteiger partial charge in [0.25, 0.3) is 0 Å². The van der Waals surface area contributed by atoms with Crippen molar-refractivity contribution >= 4 is 11.9 Å². The fourth-order valence-electron chi connectivity index (χ4n) is 2.22. The zero-order chi connectivity index (χ0) is 14.3. The molecule has 1 rings (SSSR count). The minimum absolute atomic E-state index is 0.0337. The van der Waals surface area contributed by atoms with Gasteiger partial charge in [-0.05, 0) is 38.0 Å². The number of carbonyl (C=O) groups excluding carboxylic acids is 1. The Bertz CT molecular complexity index is 296. The number of carboxylic acid groups (broad SMARTS) is 1. The van der Waals surface area contributed by atoms with Crippen LogP contribution in [0.15, 0.2) is 0 Å². The van der Waals surface area contributed by atoms with Crippen LogP contribution in [0.5, 0.6) is 0 Å². The van der Waals surface area contributed by atoms with Gasteiger partial charge in [0.2, 0.25) is 5.91 Å². The van der Waals surface area contributed by atoms with Crippen molar-refractivity contribution in [2.75, 3.05) is 13.2 Å². The van der Waals surface area contributed by atoms with Crippen molar-refractivity contribution in [3.63, 3.8) is 0 Å². The molecule has 0 heterocycles. The summed E-state index contributed by atoms with van der Waals surface area (Å²) >= 11 is 0. The summed E-state index contributed by atoms with van der Waals surface area (Å²) in [6, 6.07) is 0. The highest BCUT2D eigenvalue weighted by molar-refractivity contribution is 5.77. The van der Waals surface area contributed by atoms with E-state index < -0.39 is 5.97 Å². The predicted octanol–water partition coefficient (Wildman–Crippen LogP) is 1.81. The molecule has 0 radical (unpaired) electrons. The molecule has 19 heavy (non-hydrogen) atoms. The van der Waals surface area contributed by atoms with Gasteiger partial charge in [-0.3, -0.25) is 9.59 Å². The van der Waals surface area contributed by atoms with Crippen LogP contribution in [-0.2, 0) is 14.3 Å². The van der Waals surface area contributed by atoms with E-state index in [0.717, 1.165) is 19.3 Å². The smallest absolute Gasteiger partial charge is 0.306 e. The molecule has 1 aliphatic rings. The maximum absolute atomic E-state index is 11.5. The predicted molar refractivity (Wildman–Crippen MR) is 71.8 cm³/mol. The molecule has 2 N–H and O–H groups in total. The van der Waals surface area contributed by atoms with Crippen molar-refractivity contribution in [3.05, 3.63) is 0 Å². The molecule has 0 unspecified atom stereocenters. The second kappa shape index (κ2) is 8.15. The van der Waals surface area contributed by atoms with Gasteiger partial charge < -0.3 is 15.2 Å². The van der Waals surface area contributed by atoms with E-state index in [-0.39, 0.29) is 24.5 Å². The number of aliphatic carboxylic acids is 1. The molecule has 0 aromatic heterocycles. The molecule has 0 aromatic rings. The van der Waals surface area contributed by atoms with Crippen molar-refractivity contribution in [2.45, 2.75) is 52.1 Å². The summed E-state index contributed by atoms with van der Waals surface area (Å²) in [5.41, 5.74) is 0. The number of carbonyl (C=O) groups is 2. The standard InChI is InChI=1S/C14H25NO4/c1-10(2)7-8-15-13(16)9-19-12-5-3-11(4-6-12)14(17)18/h10-12H,3-9H2,1-2H3,(H,15,16)(H,17,18). The Morgan fingerprint density at radius 3 is 2.42 bits per heavy atom. The molecule has 0 bridgehead atoms. The van der Waals surface area contributed by atoms with Gasteiger partial charge in [0.15, 0.2) is 0 Å². The molecule has 1 aliphatic carbocycles. The Morgan fingerprint density at radius 2 is 1.89 bits per heavy atom. The minimum Gasteiger partial charge on any atom is -0.481 e. The highest BCUT2D eigenvalue weighted by Gasteiger charge is 2.26. The largest absolute Gasteiger partial charge is 0.481 e. The first-order chi connectivity index (χ1) is 8.99. The van der Waals surface area contributed by atoms with Crippen molar-refractivity contribution < 1.29 is 19.4 Å². The normalized spacial score (nSPS) is 23.3. The SMILES string of the molecule is CC(C)CCNC(=O)COC1CCC(C(=O)O)CC1. The van der Waals surface area contributed by atoms with Crippen molar-refractivity contribution in [3.8, 4) is 0 Å².